The van der Waals surface area contributed by atoms with E-state index in [0.717, 1.165) is 0 Å². The number of hydrogen-bond donors (Lipinski definition) is 1. The van der Waals surface area contributed by atoms with Crippen LogP contribution in [0.5, 0.6) is 0 Å². The lowest BCUT2D eigenvalue weighted by atomic mass is 10.3. The molecule has 1 rings (SSSR count). The van der Waals surface area contributed by atoms with E-state index in [1.165, 1.54) is 11.5 Å². The average Bonchev–Trinajstić information content (AvgIpc) is 2.71. The van der Waals surface area contributed by atoms with Crippen molar-refractivity contribution in [2.45, 2.75) is 26.9 Å². The average molecular weight is 287 g/mol. The molecule has 1 aromatic rings. The van der Waals surface area contributed by atoms with Gasteiger partial charge in [-0.25, -0.2) is 4.79 Å². The molecule has 0 aliphatic rings. The van der Waals surface area contributed by atoms with Gasteiger partial charge in [-0.3, -0.25) is 0 Å². The van der Waals surface area contributed by atoms with Crippen molar-refractivity contribution >= 4 is 28.3 Å². The van der Waals surface area contributed by atoms with Crippen molar-refractivity contribution in [3.8, 4) is 0 Å². The molecule has 7 heteroatoms. The Morgan fingerprint density at radius 2 is 2.21 bits per heavy atom. The SMILES string of the molecule is CCOC(=O)c1c(N)nsc1N(C)CCOC(C)C. The Hall–Kier alpha value is -1.34. The first-order valence-electron chi connectivity index (χ1n) is 6.22. The van der Waals surface area contributed by atoms with Crippen molar-refractivity contribution in [3.63, 3.8) is 0 Å². The molecule has 0 aromatic carbocycles. The van der Waals surface area contributed by atoms with Gasteiger partial charge in [0, 0.05) is 13.6 Å². The lowest BCUT2D eigenvalue weighted by Gasteiger charge is -2.19. The molecule has 0 bridgehead atoms. The van der Waals surface area contributed by atoms with E-state index in [1.54, 1.807) is 6.92 Å². The maximum Gasteiger partial charge on any atom is 0.345 e. The van der Waals surface area contributed by atoms with Crippen LogP contribution in [0, 0.1) is 0 Å². The van der Waals surface area contributed by atoms with E-state index in [9.17, 15) is 4.79 Å². The number of hydrogen-bond acceptors (Lipinski definition) is 7. The van der Waals surface area contributed by atoms with Crippen LogP contribution in [0.1, 0.15) is 31.1 Å². The normalized spacial score (nSPS) is 10.8. The molecule has 0 spiro atoms. The topological polar surface area (TPSA) is 77.7 Å². The molecule has 0 amide bonds. The van der Waals surface area contributed by atoms with Gasteiger partial charge >= 0.3 is 5.97 Å². The van der Waals surface area contributed by atoms with Crippen LogP contribution < -0.4 is 10.6 Å². The van der Waals surface area contributed by atoms with Gasteiger partial charge in [0.05, 0.1) is 19.3 Å². The van der Waals surface area contributed by atoms with Gasteiger partial charge < -0.3 is 20.1 Å². The zero-order valence-corrected chi connectivity index (χ0v) is 12.6. The zero-order chi connectivity index (χ0) is 14.4. The third-order valence-electron chi connectivity index (χ3n) is 2.40. The second-order valence-corrected chi connectivity index (χ2v) is 5.06. The maximum absolute atomic E-state index is 11.8. The summed E-state index contributed by atoms with van der Waals surface area (Å²) in [6, 6.07) is 0. The maximum atomic E-state index is 11.8. The summed E-state index contributed by atoms with van der Waals surface area (Å²) < 4.78 is 14.5. The minimum Gasteiger partial charge on any atom is -0.462 e. The summed E-state index contributed by atoms with van der Waals surface area (Å²) in [7, 11) is 1.87. The van der Waals surface area contributed by atoms with E-state index in [0.29, 0.717) is 30.3 Å². The van der Waals surface area contributed by atoms with Gasteiger partial charge in [0.25, 0.3) is 0 Å². The number of nitrogens with zero attached hydrogens (tertiary/aromatic N) is 2. The molecule has 108 valence electrons. The van der Waals surface area contributed by atoms with Crippen LogP contribution in [0.15, 0.2) is 0 Å². The summed E-state index contributed by atoms with van der Waals surface area (Å²) in [5.41, 5.74) is 6.07. The molecule has 1 aromatic heterocycles. The summed E-state index contributed by atoms with van der Waals surface area (Å²) in [5, 5.41) is 0.711. The first-order chi connectivity index (χ1) is 8.97. The van der Waals surface area contributed by atoms with Crippen molar-refractivity contribution in [2.24, 2.45) is 0 Å². The van der Waals surface area contributed by atoms with Crippen LogP contribution in [0.2, 0.25) is 0 Å². The Morgan fingerprint density at radius 1 is 1.53 bits per heavy atom. The van der Waals surface area contributed by atoms with Gasteiger partial charge in [0.15, 0.2) is 5.82 Å². The highest BCUT2D eigenvalue weighted by Crippen LogP contribution is 2.30. The number of ether oxygens (including phenoxy) is 2. The van der Waals surface area contributed by atoms with Crippen LogP contribution in [-0.4, -0.2) is 43.3 Å². The fourth-order valence-electron chi connectivity index (χ4n) is 1.48. The van der Waals surface area contributed by atoms with Crippen molar-refractivity contribution in [1.82, 2.24) is 4.37 Å². The van der Waals surface area contributed by atoms with Gasteiger partial charge in [-0.1, -0.05) is 0 Å². The van der Waals surface area contributed by atoms with Crippen LogP contribution in [0.25, 0.3) is 0 Å². The van der Waals surface area contributed by atoms with Crippen LogP contribution in [0.3, 0.4) is 0 Å². The van der Waals surface area contributed by atoms with E-state index in [4.69, 9.17) is 15.2 Å². The lowest BCUT2D eigenvalue weighted by Crippen LogP contribution is -2.25. The number of nitrogen functional groups attached to an aromatic ring is 1. The molecular weight excluding hydrogens is 266 g/mol. The quantitative estimate of drug-likeness (QED) is 0.770. The van der Waals surface area contributed by atoms with Crippen LogP contribution >= 0.6 is 11.5 Å². The Balaban J connectivity index is 2.74. The number of nitrogens with two attached hydrogens (primary N) is 1. The predicted molar refractivity (Wildman–Crippen MR) is 76.8 cm³/mol. The molecule has 19 heavy (non-hydrogen) atoms. The number of esters is 1. The van der Waals surface area contributed by atoms with Crippen LogP contribution in [0.4, 0.5) is 10.8 Å². The van der Waals surface area contributed by atoms with Crippen molar-refractivity contribution in [1.29, 1.82) is 0 Å². The summed E-state index contributed by atoms with van der Waals surface area (Å²) in [4.78, 5) is 13.7. The molecule has 0 fully saturated rings. The summed E-state index contributed by atoms with van der Waals surface area (Å²) >= 11 is 1.19. The molecule has 0 aliphatic heterocycles. The molecule has 1 heterocycles. The number of carbonyl (C=O) groups excluding carboxylic acids is 1. The van der Waals surface area contributed by atoms with Gasteiger partial charge in [-0.05, 0) is 32.3 Å². The van der Waals surface area contributed by atoms with E-state index < -0.39 is 5.97 Å². The summed E-state index contributed by atoms with van der Waals surface area (Å²) in [5.74, 6) is -0.213. The molecule has 2 N–H and O–H groups in total. The molecular formula is C12H21N3O3S. The fourth-order valence-corrected chi connectivity index (χ4v) is 2.26. The Kier molecular flexibility index (Phi) is 6.04. The molecule has 0 unspecified atom stereocenters. The first-order valence-corrected chi connectivity index (χ1v) is 6.99. The number of likely N-dealkylation sites (N-methyl/N-ethyl adjacent to an activating group) is 1. The number of rotatable bonds is 7. The van der Waals surface area contributed by atoms with Crippen molar-refractivity contribution in [2.75, 3.05) is 37.4 Å². The minimum atomic E-state index is -0.430. The monoisotopic (exact) mass is 287 g/mol. The van der Waals surface area contributed by atoms with E-state index in [1.807, 2.05) is 25.8 Å². The number of carbonyl (C=O) groups is 1. The van der Waals surface area contributed by atoms with E-state index >= 15 is 0 Å². The molecule has 0 radical (unpaired) electrons. The predicted octanol–water partition coefficient (Wildman–Crippen LogP) is 1.76. The fraction of sp³-hybridized carbons (Fsp3) is 0.667. The lowest BCUT2D eigenvalue weighted by molar-refractivity contribution is 0.0528. The van der Waals surface area contributed by atoms with E-state index in [-0.39, 0.29) is 11.9 Å². The third kappa shape index (κ3) is 4.36. The minimum absolute atomic E-state index is 0.185. The highest BCUT2D eigenvalue weighted by atomic mass is 32.1. The van der Waals surface area contributed by atoms with Crippen molar-refractivity contribution in [3.05, 3.63) is 5.56 Å². The van der Waals surface area contributed by atoms with Crippen molar-refractivity contribution < 1.29 is 14.3 Å². The Bertz CT molecular complexity index is 420. The highest BCUT2D eigenvalue weighted by Gasteiger charge is 2.22. The van der Waals surface area contributed by atoms with E-state index in [2.05, 4.69) is 4.37 Å². The first kappa shape index (κ1) is 15.7. The molecule has 6 nitrogen and oxygen atoms in total. The van der Waals surface area contributed by atoms with Gasteiger partial charge in [0.1, 0.15) is 10.6 Å². The van der Waals surface area contributed by atoms with Gasteiger partial charge in [-0.15, -0.1) is 0 Å². The number of anilines is 2. The number of aromatic nitrogens is 1. The summed E-state index contributed by atoms with van der Waals surface area (Å²) in [6.07, 6.45) is 0.185. The Labute approximate surface area is 117 Å². The summed E-state index contributed by atoms with van der Waals surface area (Å²) in [6.45, 7) is 7.27. The molecule has 0 aliphatic carbocycles. The molecule has 0 saturated carbocycles. The third-order valence-corrected chi connectivity index (χ3v) is 3.38. The van der Waals surface area contributed by atoms with Crippen LogP contribution in [-0.2, 0) is 9.47 Å². The standard InChI is InChI=1S/C12H21N3O3S/c1-5-17-12(16)9-10(13)14-19-11(9)15(4)6-7-18-8(2)3/h8H,5-7H2,1-4H3,(H2,13,14). The zero-order valence-electron chi connectivity index (χ0n) is 11.8. The van der Waals surface area contributed by atoms with Gasteiger partial charge in [-0.2, -0.15) is 4.37 Å². The highest BCUT2D eigenvalue weighted by molar-refractivity contribution is 7.11. The van der Waals surface area contributed by atoms with Gasteiger partial charge in [0.2, 0.25) is 0 Å². The second-order valence-electron chi connectivity index (χ2n) is 4.31. The largest absolute Gasteiger partial charge is 0.462 e. The second kappa shape index (κ2) is 7.30. The Morgan fingerprint density at radius 3 is 2.79 bits per heavy atom. The molecule has 0 atom stereocenters. The molecule has 0 saturated heterocycles. The smallest absolute Gasteiger partial charge is 0.345 e.